The van der Waals surface area contributed by atoms with Gasteiger partial charge in [0.25, 0.3) is 11.6 Å². The van der Waals surface area contributed by atoms with Crippen LogP contribution in [-0.2, 0) is 0 Å². The number of fused-ring (bicyclic) bond motifs is 1. The fraction of sp³-hybridized carbons (Fsp3) is 0.500. The number of hydrogen-bond donors (Lipinski definition) is 1. The Morgan fingerprint density at radius 1 is 1.35 bits per heavy atom. The minimum atomic E-state index is -4.98. The number of halogens is 3. The molecule has 4 nitrogen and oxygen atoms in total. The Kier molecular flexibility index (Phi) is 3.71. The van der Waals surface area contributed by atoms with E-state index in [4.69, 9.17) is 0 Å². The number of hydrogen-bond acceptors (Lipinski definition) is 3. The number of alkyl halides is 3. The average molecular weight is 326 g/mol. The Hall–Kier alpha value is -1.89. The van der Waals surface area contributed by atoms with Gasteiger partial charge in [-0.2, -0.15) is 23.3 Å². The SMILES string of the molecule is C[C@@H]1CCC2=NN(C(=O)c3ccccc3)[C@@](O)(C(F)(F)F)[C@H]2C1. The van der Waals surface area contributed by atoms with Gasteiger partial charge in [0.2, 0.25) is 0 Å². The third-order valence-electron chi connectivity index (χ3n) is 4.60. The maximum atomic E-state index is 13.7. The molecule has 1 aromatic rings. The summed E-state index contributed by atoms with van der Waals surface area (Å²) >= 11 is 0. The molecule has 7 heteroatoms. The van der Waals surface area contributed by atoms with Gasteiger partial charge < -0.3 is 5.11 Å². The number of hydrazone groups is 1. The first kappa shape index (κ1) is 16.0. The predicted molar refractivity (Wildman–Crippen MR) is 77.6 cm³/mol. The van der Waals surface area contributed by atoms with Gasteiger partial charge in [-0.05, 0) is 37.3 Å². The Bertz CT molecular complexity index is 644. The summed E-state index contributed by atoms with van der Waals surface area (Å²) in [6.45, 7) is 1.84. The molecule has 0 saturated heterocycles. The van der Waals surface area contributed by atoms with Crippen LogP contribution in [0.3, 0.4) is 0 Å². The van der Waals surface area contributed by atoms with Crippen molar-refractivity contribution in [1.82, 2.24) is 5.01 Å². The first-order valence-electron chi connectivity index (χ1n) is 7.51. The summed E-state index contributed by atoms with van der Waals surface area (Å²) in [5, 5.41) is 14.6. The van der Waals surface area contributed by atoms with Crippen molar-refractivity contribution in [3.05, 3.63) is 35.9 Å². The smallest absolute Gasteiger partial charge is 0.362 e. The van der Waals surface area contributed by atoms with Crippen molar-refractivity contribution in [2.24, 2.45) is 16.9 Å². The van der Waals surface area contributed by atoms with Crippen molar-refractivity contribution in [3.63, 3.8) is 0 Å². The summed E-state index contributed by atoms with van der Waals surface area (Å²) < 4.78 is 41.0. The molecule has 0 aromatic heterocycles. The second-order valence-corrected chi connectivity index (χ2v) is 6.23. The fourth-order valence-electron chi connectivity index (χ4n) is 3.31. The highest BCUT2D eigenvalue weighted by molar-refractivity contribution is 5.99. The summed E-state index contributed by atoms with van der Waals surface area (Å²) in [5.41, 5.74) is -2.96. The first-order valence-corrected chi connectivity index (χ1v) is 7.51. The molecule has 0 unspecified atom stereocenters. The summed E-state index contributed by atoms with van der Waals surface area (Å²) in [5.74, 6) is -2.10. The van der Waals surface area contributed by atoms with Crippen LogP contribution in [0.25, 0.3) is 0 Å². The van der Waals surface area contributed by atoms with Gasteiger partial charge in [0.1, 0.15) is 0 Å². The first-order chi connectivity index (χ1) is 10.7. The van der Waals surface area contributed by atoms with Gasteiger partial charge in [-0.15, -0.1) is 0 Å². The maximum absolute atomic E-state index is 13.7. The monoisotopic (exact) mass is 326 g/mol. The largest absolute Gasteiger partial charge is 0.439 e. The zero-order valence-corrected chi connectivity index (χ0v) is 12.5. The van der Waals surface area contributed by atoms with E-state index < -0.39 is 23.7 Å². The van der Waals surface area contributed by atoms with Crippen molar-refractivity contribution < 1.29 is 23.1 Å². The Morgan fingerprint density at radius 2 is 2.00 bits per heavy atom. The Balaban J connectivity index is 2.04. The van der Waals surface area contributed by atoms with Gasteiger partial charge in [0.15, 0.2) is 0 Å². The summed E-state index contributed by atoms with van der Waals surface area (Å²) in [6, 6.07) is 7.58. The van der Waals surface area contributed by atoms with Gasteiger partial charge in [-0.3, -0.25) is 4.79 Å². The number of nitrogens with zero attached hydrogens (tertiary/aromatic N) is 2. The van der Waals surface area contributed by atoms with Crippen molar-refractivity contribution >= 4 is 11.6 Å². The molecule has 1 N–H and O–H groups in total. The molecular formula is C16H17F3N2O2. The topological polar surface area (TPSA) is 52.9 Å². The van der Waals surface area contributed by atoms with Gasteiger partial charge in [0, 0.05) is 11.3 Å². The molecule has 1 heterocycles. The van der Waals surface area contributed by atoms with E-state index in [0.29, 0.717) is 12.8 Å². The van der Waals surface area contributed by atoms with Crippen molar-refractivity contribution in [1.29, 1.82) is 0 Å². The second-order valence-electron chi connectivity index (χ2n) is 6.23. The summed E-state index contributed by atoms with van der Waals surface area (Å²) in [6.07, 6.45) is -3.75. The van der Waals surface area contributed by atoms with Crippen LogP contribution in [-0.4, -0.2) is 33.6 Å². The van der Waals surface area contributed by atoms with E-state index in [1.165, 1.54) is 12.1 Å². The average Bonchev–Trinajstić information content (AvgIpc) is 2.81. The zero-order valence-electron chi connectivity index (χ0n) is 12.5. The van der Waals surface area contributed by atoms with E-state index in [9.17, 15) is 23.1 Å². The van der Waals surface area contributed by atoms with Gasteiger partial charge in [-0.1, -0.05) is 25.1 Å². The fourth-order valence-corrected chi connectivity index (χ4v) is 3.31. The highest BCUT2D eigenvalue weighted by Crippen LogP contribution is 2.49. The van der Waals surface area contributed by atoms with Gasteiger partial charge in [0.05, 0.1) is 5.92 Å². The highest BCUT2D eigenvalue weighted by atomic mass is 19.4. The summed E-state index contributed by atoms with van der Waals surface area (Å²) in [7, 11) is 0. The molecule has 124 valence electrons. The number of amides is 1. The molecule has 3 atom stereocenters. The lowest BCUT2D eigenvalue weighted by Crippen LogP contribution is -2.61. The van der Waals surface area contributed by atoms with Crippen LogP contribution in [0.1, 0.15) is 36.5 Å². The van der Waals surface area contributed by atoms with E-state index in [1.54, 1.807) is 18.2 Å². The molecule has 0 spiro atoms. The molecular weight excluding hydrogens is 309 g/mol. The molecule has 1 aliphatic heterocycles. The molecule has 3 rings (SSSR count). The van der Waals surface area contributed by atoms with Crippen LogP contribution < -0.4 is 0 Å². The maximum Gasteiger partial charge on any atom is 0.439 e. The molecule has 0 bridgehead atoms. The zero-order chi connectivity index (χ0) is 16.8. The number of carbonyl (C=O) groups excluding carboxylic acids is 1. The number of carbonyl (C=O) groups is 1. The molecule has 2 aliphatic rings. The van der Waals surface area contributed by atoms with Gasteiger partial charge >= 0.3 is 6.18 Å². The van der Waals surface area contributed by atoms with E-state index in [2.05, 4.69) is 5.10 Å². The minimum absolute atomic E-state index is 0.0413. The van der Waals surface area contributed by atoms with Gasteiger partial charge in [-0.25, -0.2) is 0 Å². The predicted octanol–water partition coefficient (Wildman–Crippen LogP) is 3.19. The van der Waals surface area contributed by atoms with E-state index in [1.807, 2.05) is 6.92 Å². The number of benzene rings is 1. The van der Waals surface area contributed by atoms with Crippen LogP contribution >= 0.6 is 0 Å². The van der Waals surface area contributed by atoms with Crippen LogP contribution in [0, 0.1) is 11.8 Å². The molecule has 1 aromatic carbocycles. The quantitative estimate of drug-likeness (QED) is 0.862. The lowest BCUT2D eigenvalue weighted by Gasteiger charge is -2.39. The molecule has 1 saturated carbocycles. The van der Waals surface area contributed by atoms with E-state index in [-0.39, 0.29) is 28.6 Å². The highest BCUT2D eigenvalue weighted by Gasteiger charge is 2.68. The van der Waals surface area contributed by atoms with Crippen LogP contribution in [0.4, 0.5) is 13.2 Å². The van der Waals surface area contributed by atoms with Crippen LogP contribution in [0.2, 0.25) is 0 Å². The lowest BCUT2D eigenvalue weighted by molar-refractivity contribution is -0.313. The summed E-state index contributed by atoms with van der Waals surface area (Å²) in [4.78, 5) is 12.5. The molecule has 0 radical (unpaired) electrons. The molecule has 23 heavy (non-hydrogen) atoms. The van der Waals surface area contributed by atoms with Crippen LogP contribution in [0.5, 0.6) is 0 Å². The lowest BCUT2D eigenvalue weighted by atomic mass is 9.76. The standard InChI is InChI=1S/C16H17F3N2O2/c1-10-7-8-13-12(9-10)15(23,16(17,18)19)21(20-13)14(22)11-5-3-2-4-6-11/h2-6,10,12,23H,7-9H2,1H3/t10-,12+,15+/m1/s1. The van der Waals surface area contributed by atoms with Crippen molar-refractivity contribution in [2.45, 2.75) is 38.1 Å². The molecule has 1 aliphatic carbocycles. The number of aliphatic hydroxyl groups is 1. The molecule has 1 amide bonds. The third-order valence-corrected chi connectivity index (χ3v) is 4.60. The number of rotatable bonds is 1. The minimum Gasteiger partial charge on any atom is -0.362 e. The Morgan fingerprint density at radius 3 is 2.61 bits per heavy atom. The Labute approximate surface area is 131 Å². The van der Waals surface area contributed by atoms with Crippen LogP contribution in [0.15, 0.2) is 35.4 Å². The van der Waals surface area contributed by atoms with Crippen molar-refractivity contribution in [2.75, 3.05) is 0 Å². The third kappa shape index (κ3) is 2.43. The van der Waals surface area contributed by atoms with E-state index >= 15 is 0 Å². The van der Waals surface area contributed by atoms with E-state index in [0.717, 1.165) is 0 Å². The normalized spacial score (nSPS) is 30.8. The second kappa shape index (κ2) is 5.33. The molecule has 1 fully saturated rings. The van der Waals surface area contributed by atoms with Crippen molar-refractivity contribution in [3.8, 4) is 0 Å².